The monoisotopic (exact) mass is 456 g/mol. The lowest BCUT2D eigenvalue weighted by atomic mass is 9.97. The van der Waals surface area contributed by atoms with E-state index in [0.717, 1.165) is 43.8 Å². The van der Waals surface area contributed by atoms with Gasteiger partial charge in [0, 0.05) is 31.9 Å². The predicted molar refractivity (Wildman–Crippen MR) is 122 cm³/mol. The zero-order valence-corrected chi connectivity index (χ0v) is 18.8. The van der Waals surface area contributed by atoms with Crippen molar-refractivity contribution in [3.05, 3.63) is 40.3 Å². The van der Waals surface area contributed by atoms with Crippen molar-refractivity contribution in [3.63, 3.8) is 0 Å². The number of likely N-dealkylation sites (tertiary alicyclic amines) is 2. The van der Waals surface area contributed by atoms with Crippen LogP contribution in [0.1, 0.15) is 45.3 Å². The van der Waals surface area contributed by atoms with Crippen molar-refractivity contribution in [1.82, 2.24) is 25.3 Å². The van der Waals surface area contributed by atoms with E-state index in [1.165, 1.54) is 12.8 Å². The average molecular weight is 457 g/mol. The second kappa shape index (κ2) is 10.6. The van der Waals surface area contributed by atoms with Crippen LogP contribution in [0.15, 0.2) is 30.3 Å². The lowest BCUT2D eigenvalue weighted by molar-refractivity contribution is -0.126. The highest BCUT2D eigenvalue weighted by Gasteiger charge is 2.31. The summed E-state index contributed by atoms with van der Waals surface area (Å²) in [7, 11) is 0. The van der Waals surface area contributed by atoms with Gasteiger partial charge in [0.05, 0.1) is 5.92 Å². The number of benzene rings is 1. The molecule has 32 heavy (non-hydrogen) atoms. The Morgan fingerprint density at radius 2 is 1.75 bits per heavy atom. The summed E-state index contributed by atoms with van der Waals surface area (Å²) < 4.78 is 0. The van der Waals surface area contributed by atoms with Crippen molar-refractivity contribution in [1.29, 1.82) is 0 Å². The fraction of sp³-hybridized carbons (Fsp3) is 0.500. The summed E-state index contributed by atoms with van der Waals surface area (Å²) in [6, 6.07) is 9.04. The second-order valence-corrected chi connectivity index (χ2v) is 9.14. The number of amides is 3. The molecular weight excluding hydrogens is 428 g/mol. The smallest absolute Gasteiger partial charge is 0.286 e. The van der Waals surface area contributed by atoms with Crippen molar-refractivity contribution in [2.45, 2.75) is 25.7 Å². The van der Waals surface area contributed by atoms with Crippen molar-refractivity contribution < 1.29 is 14.4 Å². The summed E-state index contributed by atoms with van der Waals surface area (Å²) >= 11 is 0.968. The largest absolute Gasteiger partial charge is 0.355 e. The molecule has 10 heteroatoms. The Kier molecular flexibility index (Phi) is 7.43. The summed E-state index contributed by atoms with van der Waals surface area (Å²) in [5, 5.41) is 13.9. The normalized spacial score (nSPS) is 19.0. The SMILES string of the molecule is O=C(Nc1ccccc1)c1nnc(C(=O)N2CCCC(C(=O)NCCN3CCCC3)C2)s1. The molecule has 2 N–H and O–H groups in total. The van der Waals surface area contributed by atoms with Gasteiger partial charge in [-0.2, -0.15) is 0 Å². The quantitative estimate of drug-likeness (QED) is 0.659. The van der Waals surface area contributed by atoms with Gasteiger partial charge in [-0.25, -0.2) is 0 Å². The number of para-hydroxylation sites is 1. The van der Waals surface area contributed by atoms with Gasteiger partial charge in [-0.3, -0.25) is 14.4 Å². The summed E-state index contributed by atoms with van der Waals surface area (Å²) in [4.78, 5) is 41.9. The zero-order chi connectivity index (χ0) is 22.3. The van der Waals surface area contributed by atoms with E-state index in [9.17, 15) is 14.4 Å². The number of nitrogens with zero attached hydrogens (tertiary/aromatic N) is 4. The van der Waals surface area contributed by atoms with Crippen LogP contribution in [0, 0.1) is 5.92 Å². The number of hydrogen-bond donors (Lipinski definition) is 2. The van der Waals surface area contributed by atoms with E-state index in [0.29, 0.717) is 25.3 Å². The van der Waals surface area contributed by atoms with E-state index >= 15 is 0 Å². The Morgan fingerprint density at radius 1 is 1.00 bits per heavy atom. The fourth-order valence-electron chi connectivity index (χ4n) is 4.11. The molecule has 1 unspecified atom stereocenters. The minimum Gasteiger partial charge on any atom is -0.355 e. The molecule has 9 nitrogen and oxygen atoms in total. The highest BCUT2D eigenvalue weighted by molar-refractivity contribution is 7.15. The molecule has 2 fully saturated rings. The molecule has 1 aromatic carbocycles. The predicted octanol–water partition coefficient (Wildman–Crippen LogP) is 1.85. The van der Waals surface area contributed by atoms with Crippen LogP contribution in [0.25, 0.3) is 0 Å². The number of nitrogens with one attached hydrogen (secondary N) is 2. The average Bonchev–Trinajstić information content (AvgIpc) is 3.52. The number of piperidine rings is 1. The zero-order valence-electron chi connectivity index (χ0n) is 18.0. The molecule has 1 aromatic heterocycles. The van der Waals surface area contributed by atoms with Gasteiger partial charge in [0.2, 0.25) is 15.9 Å². The Hall–Kier alpha value is -2.85. The molecule has 0 spiro atoms. The third kappa shape index (κ3) is 5.68. The molecule has 170 valence electrons. The number of hydrogen-bond acceptors (Lipinski definition) is 7. The highest BCUT2D eigenvalue weighted by atomic mass is 32.1. The second-order valence-electron chi connectivity index (χ2n) is 8.16. The topological polar surface area (TPSA) is 108 Å². The van der Waals surface area contributed by atoms with E-state index in [4.69, 9.17) is 0 Å². The minimum atomic E-state index is -0.401. The van der Waals surface area contributed by atoms with Gasteiger partial charge in [0.15, 0.2) is 0 Å². The molecule has 3 amide bonds. The number of anilines is 1. The third-order valence-electron chi connectivity index (χ3n) is 5.84. The van der Waals surface area contributed by atoms with Gasteiger partial charge in [-0.15, -0.1) is 10.2 Å². The maximum atomic E-state index is 12.9. The molecular formula is C22H28N6O3S. The van der Waals surface area contributed by atoms with E-state index in [1.54, 1.807) is 17.0 Å². The van der Waals surface area contributed by atoms with Gasteiger partial charge in [-0.1, -0.05) is 29.5 Å². The van der Waals surface area contributed by atoms with E-state index in [-0.39, 0.29) is 27.7 Å². The summed E-state index contributed by atoms with van der Waals surface area (Å²) in [6.07, 6.45) is 3.99. The molecule has 2 aliphatic heterocycles. The highest BCUT2D eigenvalue weighted by Crippen LogP contribution is 2.21. The number of carbonyl (C=O) groups is 3. The van der Waals surface area contributed by atoms with Gasteiger partial charge in [-0.05, 0) is 50.9 Å². The summed E-state index contributed by atoms with van der Waals surface area (Å²) in [6.45, 7) is 4.66. The van der Waals surface area contributed by atoms with Gasteiger partial charge < -0.3 is 20.4 Å². The van der Waals surface area contributed by atoms with Crippen molar-refractivity contribution >= 4 is 34.7 Å². The maximum absolute atomic E-state index is 12.9. The van der Waals surface area contributed by atoms with Crippen LogP contribution < -0.4 is 10.6 Å². The van der Waals surface area contributed by atoms with Gasteiger partial charge in [0.1, 0.15) is 0 Å². The van der Waals surface area contributed by atoms with Crippen LogP contribution in [0.2, 0.25) is 0 Å². The molecule has 2 aliphatic rings. The standard InChI is InChI=1S/C22H28N6O3S/c29-18(23-10-14-27-11-4-5-12-27)16-7-6-13-28(15-16)22(31)21-26-25-20(32-21)19(30)24-17-8-2-1-3-9-17/h1-3,8-9,16H,4-7,10-15H2,(H,23,29)(H,24,30). The van der Waals surface area contributed by atoms with Crippen LogP contribution in [0.5, 0.6) is 0 Å². The lowest BCUT2D eigenvalue weighted by Gasteiger charge is -2.31. The molecule has 1 atom stereocenters. The van der Waals surface area contributed by atoms with E-state index in [2.05, 4.69) is 25.7 Å². The van der Waals surface area contributed by atoms with Crippen LogP contribution in [-0.2, 0) is 4.79 Å². The maximum Gasteiger partial charge on any atom is 0.286 e. The van der Waals surface area contributed by atoms with Crippen LogP contribution in [-0.4, -0.2) is 77.0 Å². The Balaban J connectivity index is 1.29. The first-order chi connectivity index (χ1) is 15.6. The number of aromatic nitrogens is 2. The summed E-state index contributed by atoms with van der Waals surface area (Å²) in [5.41, 5.74) is 0.648. The lowest BCUT2D eigenvalue weighted by Crippen LogP contribution is -2.46. The van der Waals surface area contributed by atoms with Gasteiger partial charge in [0.25, 0.3) is 11.8 Å². The Labute approximate surface area is 191 Å². The van der Waals surface area contributed by atoms with Crippen molar-refractivity contribution in [2.24, 2.45) is 5.92 Å². The van der Waals surface area contributed by atoms with E-state index in [1.807, 2.05) is 18.2 Å². The van der Waals surface area contributed by atoms with E-state index < -0.39 is 5.91 Å². The molecule has 0 radical (unpaired) electrons. The third-order valence-corrected chi connectivity index (χ3v) is 6.75. The molecule has 4 rings (SSSR count). The van der Waals surface area contributed by atoms with Crippen molar-refractivity contribution in [3.8, 4) is 0 Å². The molecule has 2 aromatic rings. The van der Waals surface area contributed by atoms with Crippen molar-refractivity contribution in [2.75, 3.05) is 44.6 Å². The number of carbonyl (C=O) groups excluding carboxylic acids is 3. The Morgan fingerprint density at radius 3 is 2.53 bits per heavy atom. The minimum absolute atomic E-state index is 0.00175. The van der Waals surface area contributed by atoms with Gasteiger partial charge >= 0.3 is 0 Å². The van der Waals surface area contributed by atoms with Crippen LogP contribution in [0.3, 0.4) is 0 Å². The molecule has 2 saturated heterocycles. The first-order valence-corrected chi connectivity index (χ1v) is 11.9. The molecule has 3 heterocycles. The first kappa shape index (κ1) is 22.3. The number of rotatable bonds is 7. The molecule has 0 aliphatic carbocycles. The summed E-state index contributed by atoms with van der Waals surface area (Å²) in [5.74, 6) is -0.903. The van der Waals surface area contributed by atoms with Crippen LogP contribution >= 0.6 is 11.3 Å². The Bertz CT molecular complexity index is 944. The fourth-order valence-corrected chi connectivity index (χ4v) is 4.81. The van der Waals surface area contributed by atoms with Crippen LogP contribution in [0.4, 0.5) is 5.69 Å². The molecule has 0 saturated carbocycles. The molecule has 0 bridgehead atoms. The first-order valence-electron chi connectivity index (χ1n) is 11.1.